The first-order chi connectivity index (χ1) is 10.5. The van der Waals surface area contributed by atoms with Crippen molar-refractivity contribution in [2.24, 2.45) is 0 Å². The number of ether oxygens (including phenoxy) is 1. The number of carbonyl (C=O) groups excluding carboxylic acids is 1. The van der Waals surface area contributed by atoms with Gasteiger partial charge in [-0.2, -0.15) is 0 Å². The molecule has 22 heavy (non-hydrogen) atoms. The molecule has 2 aromatic rings. The van der Waals surface area contributed by atoms with Gasteiger partial charge in [0, 0.05) is 4.47 Å². The number of urea groups is 1. The fourth-order valence-electron chi connectivity index (χ4n) is 1.73. The largest absolute Gasteiger partial charge is 0.492 e. The number of benzene rings is 2. The molecule has 0 atom stereocenters. The predicted octanol–water partition coefficient (Wildman–Crippen LogP) is 4.10. The van der Waals surface area contributed by atoms with E-state index in [2.05, 4.69) is 26.6 Å². The van der Waals surface area contributed by atoms with E-state index in [0.29, 0.717) is 23.3 Å². The van der Waals surface area contributed by atoms with Crippen LogP contribution in [0.3, 0.4) is 0 Å². The minimum absolute atomic E-state index is 0.360. The normalized spacial score (nSPS) is 10.1. The number of hydrogen-bond acceptors (Lipinski definition) is 2. The van der Waals surface area contributed by atoms with Crippen LogP contribution in [0, 0.1) is 12.7 Å². The van der Waals surface area contributed by atoms with Crippen LogP contribution >= 0.6 is 15.9 Å². The minimum atomic E-state index is -0.375. The molecule has 0 heterocycles. The number of nitrogens with one attached hydrogen (secondary N) is 2. The molecule has 4 nitrogen and oxygen atoms in total. The van der Waals surface area contributed by atoms with E-state index in [1.54, 1.807) is 0 Å². The lowest BCUT2D eigenvalue weighted by Gasteiger charge is -2.10. The third kappa shape index (κ3) is 5.04. The molecule has 0 unspecified atom stereocenters. The van der Waals surface area contributed by atoms with Crippen LogP contribution in [0.1, 0.15) is 5.56 Å². The molecule has 0 saturated carbocycles. The van der Waals surface area contributed by atoms with Gasteiger partial charge < -0.3 is 15.4 Å². The van der Waals surface area contributed by atoms with Crippen molar-refractivity contribution in [2.75, 3.05) is 18.5 Å². The molecule has 2 amide bonds. The fraction of sp³-hybridized carbons (Fsp3) is 0.188. The lowest BCUT2D eigenvalue weighted by atomic mass is 10.2. The molecule has 6 heteroatoms. The number of halogens is 2. The van der Waals surface area contributed by atoms with Gasteiger partial charge >= 0.3 is 6.03 Å². The SMILES string of the molecule is Cc1ccc(OCCNC(=O)Nc2ccc(F)cc2Br)cc1. The Kier molecular flexibility index (Phi) is 5.77. The summed E-state index contributed by atoms with van der Waals surface area (Å²) in [5.41, 5.74) is 1.66. The maximum Gasteiger partial charge on any atom is 0.319 e. The monoisotopic (exact) mass is 366 g/mol. The Balaban J connectivity index is 1.72. The second-order valence-electron chi connectivity index (χ2n) is 4.67. The molecule has 116 valence electrons. The Bertz CT molecular complexity index is 647. The van der Waals surface area contributed by atoms with Crippen LogP contribution in [0.25, 0.3) is 0 Å². The summed E-state index contributed by atoms with van der Waals surface area (Å²) >= 11 is 3.19. The standard InChI is InChI=1S/C16H16BrFN2O2/c1-11-2-5-13(6-3-11)22-9-8-19-16(21)20-15-7-4-12(18)10-14(15)17/h2-7,10H,8-9H2,1H3,(H2,19,20,21). The third-order valence-electron chi connectivity index (χ3n) is 2.86. The van der Waals surface area contributed by atoms with Gasteiger partial charge in [0.15, 0.2) is 0 Å². The first kappa shape index (κ1) is 16.3. The zero-order chi connectivity index (χ0) is 15.9. The van der Waals surface area contributed by atoms with E-state index in [1.807, 2.05) is 31.2 Å². The highest BCUT2D eigenvalue weighted by molar-refractivity contribution is 9.10. The Morgan fingerprint density at radius 3 is 2.64 bits per heavy atom. The van der Waals surface area contributed by atoms with Crippen LogP contribution in [-0.4, -0.2) is 19.2 Å². The van der Waals surface area contributed by atoms with E-state index in [4.69, 9.17) is 4.74 Å². The second kappa shape index (κ2) is 7.79. The molecule has 0 radical (unpaired) electrons. The number of amides is 2. The van der Waals surface area contributed by atoms with Crippen molar-refractivity contribution in [1.82, 2.24) is 5.32 Å². The van der Waals surface area contributed by atoms with Crippen molar-refractivity contribution in [3.05, 3.63) is 58.3 Å². The van der Waals surface area contributed by atoms with E-state index in [0.717, 1.165) is 11.3 Å². The van der Waals surface area contributed by atoms with Crippen molar-refractivity contribution >= 4 is 27.6 Å². The predicted molar refractivity (Wildman–Crippen MR) is 87.8 cm³/mol. The first-order valence-corrected chi connectivity index (χ1v) is 7.53. The maximum atomic E-state index is 12.9. The van der Waals surface area contributed by atoms with Crippen LogP contribution in [0.5, 0.6) is 5.75 Å². The summed E-state index contributed by atoms with van der Waals surface area (Å²) in [6, 6.07) is 11.4. The molecule has 0 saturated heterocycles. The molecule has 0 aliphatic rings. The zero-order valence-corrected chi connectivity index (χ0v) is 13.6. The maximum absolute atomic E-state index is 12.9. The van der Waals surface area contributed by atoms with Gasteiger partial charge in [-0.25, -0.2) is 9.18 Å². The molecule has 2 aromatic carbocycles. The first-order valence-electron chi connectivity index (χ1n) is 6.74. The molecule has 0 aliphatic heterocycles. The molecule has 0 aliphatic carbocycles. The van der Waals surface area contributed by atoms with Crippen LogP contribution in [0.4, 0.5) is 14.9 Å². The average molecular weight is 367 g/mol. The van der Waals surface area contributed by atoms with Gasteiger partial charge in [-0.1, -0.05) is 17.7 Å². The molecule has 0 spiro atoms. The van der Waals surface area contributed by atoms with E-state index in [-0.39, 0.29) is 11.8 Å². The molecular weight excluding hydrogens is 351 g/mol. The van der Waals surface area contributed by atoms with Crippen molar-refractivity contribution in [2.45, 2.75) is 6.92 Å². The smallest absolute Gasteiger partial charge is 0.319 e. The molecule has 0 bridgehead atoms. The van der Waals surface area contributed by atoms with Crippen LogP contribution in [0.2, 0.25) is 0 Å². The fourth-order valence-corrected chi connectivity index (χ4v) is 2.18. The van der Waals surface area contributed by atoms with Gasteiger partial charge in [0.1, 0.15) is 18.2 Å². The Hall–Kier alpha value is -2.08. The van der Waals surface area contributed by atoms with Gasteiger partial charge in [-0.05, 0) is 53.2 Å². The average Bonchev–Trinajstić information content (AvgIpc) is 2.48. The highest BCUT2D eigenvalue weighted by Crippen LogP contribution is 2.22. The molecular formula is C16H16BrFN2O2. The van der Waals surface area contributed by atoms with E-state index in [9.17, 15) is 9.18 Å². The summed E-state index contributed by atoms with van der Waals surface area (Å²) in [5.74, 6) is 0.387. The molecule has 2 N–H and O–H groups in total. The van der Waals surface area contributed by atoms with Crippen LogP contribution in [-0.2, 0) is 0 Å². The lowest BCUT2D eigenvalue weighted by molar-refractivity contribution is 0.247. The summed E-state index contributed by atoms with van der Waals surface area (Å²) in [7, 11) is 0. The number of anilines is 1. The van der Waals surface area contributed by atoms with Gasteiger partial charge in [0.25, 0.3) is 0 Å². The Labute approximate surface area is 136 Å². The zero-order valence-electron chi connectivity index (χ0n) is 12.0. The van der Waals surface area contributed by atoms with Crippen LogP contribution in [0.15, 0.2) is 46.9 Å². The summed E-state index contributed by atoms with van der Waals surface area (Å²) in [6.45, 7) is 2.73. The summed E-state index contributed by atoms with van der Waals surface area (Å²) in [6.07, 6.45) is 0. The molecule has 0 aromatic heterocycles. The van der Waals surface area contributed by atoms with Gasteiger partial charge in [0.05, 0.1) is 12.2 Å². The van der Waals surface area contributed by atoms with Crippen molar-refractivity contribution < 1.29 is 13.9 Å². The summed E-state index contributed by atoms with van der Waals surface area (Å²) in [5, 5.41) is 5.29. The number of rotatable bonds is 5. The van der Waals surface area contributed by atoms with Crippen LogP contribution < -0.4 is 15.4 Å². The Morgan fingerprint density at radius 2 is 1.95 bits per heavy atom. The van der Waals surface area contributed by atoms with Gasteiger partial charge in [-0.3, -0.25) is 0 Å². The quantitative estimate of drug-likeness (QED) is 0.782. The number of hydrogen-bond donors (Lipinski definition) is 2. The van der Waals surface area contributed by atoms with E-state index < -0.39 is 0 Å². The third-order valence-corrected chi connectivity index (χ3v) is 3.51. The summed E-state index contributed by atoms with van der Waals surface area (Å²) < 4.78 is 18.9. The van der Waals surface area contributed by atoms with Crippen molar-refractivity contribution in [3.8, 4) is 5.75 Å². The number of carbonyl (C=O) groups is 1. The minimum Gasteiger partial charge on any atom is -0.492 e. The summed E-state index contributed by atoms with van der Waals surface area (Å²) in [4.78, 5) is 11.7. The molecule has 2 rings (SSSR count). The van der Waals surface area contributed by atoms with Crippen molar-refractivity contribution in [3.63, 3.8) is 0 Å². The van der Waals surface area contributed by atoms with Gasteiger partial charge in [0.2, 0.25) is 0 Å². The van der Waals surface area contributed by atoms with Crippen molar-refractivity contribution in [1.29, 1.82) is 0 Å². The highest BCUT2D eigenvalue weighted by atomic mass is 79.9. The molecule has 0 fully saturated rings. The van der Waals surface area contributed by atoms with E-state index in [1.165, 1.54) is 18.2 Å². The van der Waals surface area contributed by atoms with E-state index >= 15 is 0 Å². The number of aryl methyl sites for hydroxylation is 1. The lowest BCUT2D eigenvalue weighted by Crippen LogP contribution is -2.32. The topological polar surface area (TPSA) is 50.4 Å². The highest BCUT2D eigenvalue weighted by Gasteiger charge is 2.05. The second-order valence-corrected chi connectivity index (χ2v) is 5.52. The Morgan fingerprint density at radius 1 is 1.23 bits per heavy atom. The van der Waals surface area contributed by atoms with Gasteiger partial charge in [-0.15, -0.1) is 0 Å².